The Morgan fingerprint density at radius 1 is 1.11 bits per heavy atom. The topological polar surface area (TPSA) is 60.8 Å². The van der Waals surface area contributed by atoms with E-state index in [-0.39, 0.29) is 5.92 Å². The van der Waals surface area contributed by atoms with Crippen LogP contribution in [0.5, 0.6) is 0 Å². The largest absolute Gasteiger partial charge is 0.481 e. The van der Waals surface area contributed by atoms with E-state index in [4.69, 9.17) is 5.11 Å². The zero-order valence-electron chi connectivity index (χ0n) is 11.1. The van der Waals surface area contributed by atoms with Gasteiger partial charge in [-0.25, -0.2) is 0 Å². The van der Waals surface area contributed by atoms with Crippen LogP contribution in [0, 0.1) is 5.92 Å². The molecule has 2 N–H and O–H groups in total. The Labute approximate surface area is 109 Å². The van der Waals surface area contributed by atoms with E-state index in [1.165, 1.54) is 25.7 Å². The summed E-state index contributed by atoms with van der Waals surface area (Å²) in [5.41, 5.74) is -0.643. The van der Waals surface area contributed by atoms with Gasteiger partial charge in [0.2, 0.25) is 0 Å². The number of nitrogens with zero attached hydrogens (tertiary/aromatic N) is 1. The molecular formula is C14H25NO3. The highest BCUT2D eigenvalue weighted by Gasteiger charge is 2.36. The third-order valence-corrected chi connectivity index (χ3v) is 4.48. The van der Waals surface area contributed by atoms with Gasteiger partial charge in [0.1, 0.15) is 0 Å². The summed E-state index contributed by atoms with van der Waals surface area (Å²) in [7, 11) is 0. The lowest BCUT2D eigenvalue weighted by Crippen LogP contribution is -2.46. The lowest BCUT2D eigenvalue weighted by atomic mass is 9.78. The number of rotatable bonds is 3. The first-order chi connectivity index (χ1) is 8.59. The van der Waals surface area contributed by atoms with Gasteiger partial charge in [0.05, 0.1) is 11.5 Å². The molecule has 0 spiro atoms. The Morgan fingerprint density at radius 2 is 1.67 bits per heavy atom. The molecule has 4 nitrogen and oxygen atoms in total. The van der Waals surface area contributed by atoms with E-state index in [0.717, 1.165) is 19.6 Å². The van der Waals surface area contributed by atoms with E-state index < -0.39 is 11.6 Å². The Morgan fingerprint density at radius 3 is 2.17 bits per heavy atom. The summed E-state index contributed by atoms with van der Waals surface area (Å²) in [5.74, 6) is -0.943. The molecule has 0 aromatic heterocycles. The van der Waals surface area contributed by atoms with Gasteiger partial charge >= 0.3 is 5.97 Å². The Bertz CT molecular complexity index is 277. The number of likely N-dealkylation sites (tertiary alicyclic amines) is 1. The van der Waals surface area contributed by atoms with Gasteiger partial charge in [-0.15, -0.1) is 0 Å². The average molecular weight is 255 g/mol. The molecule has 0 radical (unpaired) electrons. The minimum atomic E-state index is -0.702. The average Bonchev–Trinajstić information content (AvgIpc) is 2.57. The summed E-state index contributed by atoms with van der Waals surface area (Å²) in [6.07, 6.45) is 7.59. The second-order valence-electron chi connectivity index (χ2n) is 6.03. The van der Waals surface area contributed by atoms with Crippen LogP contribution in [0.1, 0.15) is 51.4 Å². The SMILES string of the molecule is O=C(O)C1CCC(O)(CN2CCCCCC2)CC1. The van der Waals surface area contributed by atoms with Crippen LogP contribution in [-0.2, 0) is 4.79 Å². The predicted molar refractivity (Wildman–Crippen MR) is 69.5 cm³/mol. The van der Waals surface area contributed by atoms with E-state index in [2.05, 4.69) is 4.90 Å². The van der Waals surface area contributed by atoms with Crippen LogP contribution in [0.4, 0.5) is 0 Å². The molecule has 1 aliphatic carbocycles. The van der Waals surface area contributed by atoms with Gasteiger partial charge in [0, 0.05) is 6.54 Å². The standard InChI is InChI=1S/C14H25NO3/c16-13(17)12-5-7-14(18,8-6-12)11-15-9-3-1-2-4-10-15/h12,18H,1-11H2,(H,16,17). The van der Waals surface area contributed by atoms with Gasteiger partial charge in [0.15, 0.2) is 0 Å². The van der Waals surface area contributed by atoms with Gasteiger partial charge in [-0.1, -0.05) is 12.8 Å². The monoisotopic (exact) mass is 255 g/mol. The molecule has 1 saturated carbocycles. The minimum Gasteiger partial charge on any atom is -0.481 e. The van der Waals surface area contributed by atoms with Crippen molar-refractivity contribution < 1.29 is 15.0 Å². The molecule has 0 bridgehead atoms. The van der Waals surface area contributed by atoms with Crippen molar-refractivity contribution in [1.82, 2.24) is 4.90 Å². The summed E-state index contributed by atoms with van der Waals surface area (Å²) in [6, 6.07) is 0. The van der Waals surface area contributed by atoms with E-state index in [1.54, 1.807) is 0 Å². The minimum absolute atomic E-state index is 0.241. The first-order valence-electron chi connectivity index (χ1n) is 7.27. The van der Waals surface area contributed by atoms with E-state index in [0.29, 0.717) is 25.7 Å². The maximum atomic E-state index is 10.9. The molecule has 1 saturated heterocycles. The number of hydrogen-bond acceptors (Lipinski definition) is 3. The van der Waals surface area contributed by atoms with Gasteiger partial charge in [-0.2, -0.15) is 0 Å². The van der Waals surface area contributed by atoms with Crippen molar-refractivity contribution in [2.75, 3.05) is 19.6 Å². The zero-order chi connectivity index (χ0) is 13.0. The number of carbonyl (C=O) groups is 1. The van der Waals surface area contributed by atoms with Crippen LogP contribution >= 0.6 is 0 Å². The van der Waals surface area contributed by atoms with E-state index in [1.807, 2.05) is 0 Å². The van der Waals surface area contributed by atoms with Crippen molar-refractivity contribution in [2.45, 2.75) is 57.0 Å². The number of carboxylic acid groups (broad SMARTS) is 1. The number of β-amino-alcohol motifs (C(OH)–C–C–N with tert-alkyl or cyclic N) is 1. The van der Waals surface area contributed by atoms with Crippen molar-refractivity contribution in [3.05, 3.63) is 0 Å². The molecule has 0 unspecified atom stereocenters. The predicted octanol–water partition coefficient (Wildman–Crippen LogP) is 1.87. The van der Waals surface area contributed by atoms with Gasteiger partial charge in [-0.3, -0.25) is 4.79 Å². The molecule has 0 atom stereocenters. The van der Waals surface area contributed by atoms with E-state index in [9.17, 15) is 9.90 Å². The van der Waals surface area contributed by atoms with Crippen molar-refractivity contribution in [3.8, 4) is 0 Å². The van der Waals surface area contributed by atoms with Crippen LogP contribution in [0.15, 0.2) is 0 Å². The summed E-state index contributed by atoms with van der Waals surface area (Å²) in [4.78, 5) is 13.3. The number of hydrogen-bond donors (Lipinski definition) is 2. The zero-order valence-corrected chi connectivity index (χ0v) is 11.1. The summed E-state index contributed by atoms with van der Waals surface area (Å²) in [5, 5.41) is 19.6. The van der Waals surface area contributed by atoms with Crippen LogP contribution in [0.3, 0.4) is 0 Å². The summed E-state index contributed by atoms with van der Waals surface area (Å²) in [6.45, 7) is 2.91. The molecule has 4 heteroatoms. The lowest BCUT2D eigenvalue weighted by Gasteiger charge is -2.38. The molecule has 0 aromatic rings. The van der Waals surface area contributed by atoms with Crippen molar-refractivity contribution in [2.24, 2.45) is 5.92 Å². The lowest BCUT2D eigenvalue weighted by molar-refractivity contribution is -0.145. The van der Waals surface area contributed by atoms with Crippen molar-refractivity contribution >= 4 is 5.97 Å². The Hall–Kier alpha value is -0.610. The second-order valence-corrected chi connectivity index (χ2v) is 6.03. The van der Waals surface area contributed by atoms with Crippen LogP contribution in [-0.4, -0.2) is 46.3 Å². The smallest absolute Gasteiger partial charge is 0.306 e. The highest BCUT2D eigenvalue weighted by Crippen LogP contribution is 2.33. The highest BCUT2D eigenvalue weighted by atomic mass is 16.4. The molecule has 2 rings (SSSR count). The normalized spacial score (nSPS) is 35.1. The molecule has 1 heterocycles. The van der Waals surface area contributed by atoms with Gasteiger partial charge < -0.3 is 15.1 Å². The van der Waals surface area contributed by atoms with Gasteiger partial charge in [0.25, 0.3) is 0 Å². The van der Waals surface area contributed by atoms with Crippen molar-refractivity contribution in [1.29, 1.82) is 0 Å². The molecule has 104 valence electrons. The van der Waals surface area contributed by atoms with Crippen LogP contribution in [0.2, 0.25) is 0 Å². The molecule has 0 amide bonds. The molecule has 2 fully saturated rings. The van der Waals surface area contributed by atoms with Crippen molar-refractivity contribution in [3.63, 3.8) is 0 Å². The fourth-order valence-corrected chi connectivity index (χ4v) is 3.27. The summed E-state index contributed by atoms with van der Waals surface area (Å²) < 4.78 is 0. The van der Waals surface area contributed by atoms with Gasteiger partial charge in [-0.05, 0) is 51.6 Å². The number of aliphatic hydroxyl groups is 1. The quantitative estimate of drug-likeness (QED) is 0.808. The Kier molecular flexibility index (Phi) is 4.62. The first kappa shape index (κ1) is 13.8. The molecule has 1 aliphatic heterocycles. The third-order valence-electron chi connectivity index (χ3n) is 4.48. The first-order valence-corrected chi connectivity index (χ1v) is 7.27. The fraction of sp³-hybridized carbons (Fsp3) is 0.929. The molecule has 2 aliphatic rings. The fourth-order valence-electron chi connectivity index (χ4n) is 3.27. The van der Waals surface area contributed by atoms with E-state index >= 15 is 0 Å². The molecular weight excluding hydrogens is 230 g/mol. The number of carboxylic acids is 1. The molecule has 18 heavy (non-hydrogen) atoms. The molecule has 0 aromatic carbocycles. The number of aliphatic carboxylic acids is 1. The Balaban J connectivity index is 1.83. The highest BCUT2D eigenvalue weighted by molar-refractivity contribution is 5.70. The maximum absolute atomic E-state index is 10.9. The summed E-state index contributed by atoms with van der Waals surface area (Å²) >= 11 is 0. The van der Waals surface area contributed by atoms with Crippen LogP contribution in [0.25, 0.3) is 0 Å². The van der Waals surface area contributed by atoms with Crippen LogP contribution < -0.4 is 0 Å². The third kappa shape index (κ3) is 3.69. The maximum Gasteiger partial charge on any atom is 0.306 e. The second kappa shape index (κ2) is 6.02.